The normalized spacial score (nSPS) is 13.2. The Labute approximate surface area is 398 Å². The fourth-order valence-corrected chi connectivity index (χ4v) is 7.44. The number of benzene rings is 5. The zero-order valence-corrected chi connectivity index (χ0v) is 38.4. The van der Waals surface area contributed by atoms with Gasteiger partial charge in [-0.2, -0.15) is 0 Å². The Bertz CT molecular complexity index is 2450. The van der Waals surface area contributed by atoms with E-state index < -0.39 is 17.7 Å². The molecule has 0 heterocycles. The highest BCUT2D eigenvalue weighted by molar-refractivity contribution is 6.02. The van der Waals surface area contributed by atoms with Gasteiger partial charge in [0.1, 0.15) is 32.3 Å². The lowest BCUT2D eigenvalue weighted by atomic mass is 9.91. The van der Waals surface area contributed by atoms with Gasteiger partial charge in [-0.1, -0.05) is 127 Å². The molecule has 1 atom stereocenters. The molecule has 1 unspecified atom stereocenters. The summed E-state index contributed by atoms with van der Waals surface area (Å²) in [5.74, 6) is -1.83. The molecule has 4 amide bonds. The van der Waals surface area contributed by atoms with E-state index in [9.17, 15) is 19.2 Å². The third-order valence-electron chi connectivity index (χ3n) is 11.1. The van der Waals surface area contributed by atoms with Crippen molar-refractivity contribution in [3.63, 3.8) is 0 Å². The number of nitrogens with two attached hydrogens (primary N) is 2. The van der Waals surface area contributed by atoms with Crippen LogP contribution in [0.2, 0.25) is 0 Å². The van der Waals surface area contributed by atoms with Gasteiger partial charge in [-0.15, -0.1) is 0 Å². The molecule has 0 bridgehead atoms. The number of nitrogens with one attached hydrogen (secondary N) is 4. The second-order valence-corrected chi connectivity index (χ2v) is 16.2. The number of amides is 4. The van der Waals surface area contributed by atoms with Gasteiger partial charge in [0, 0.05) is 13.1 Å². The van der Waals surface area contributed by atoms with Crippen LogP contribution in [-0.4, -0.2) is 62.9 Å². The Morgan fingerprint density at radius 1 is 0.471 bits per heavy atom. The Hall–Kier alpha value is -7.42. The summed E-state index contributed by atoms with van der Waals surface area (Å²) < 4.78 is 24.8. The maximum Gasteiger partial charge on any atom is 0.255 e. The van der Waals surface area contributed by atoms with Gasteiger partial charge < -0.3 is 51.7 Å². The maximum absolute atomic E-state index is 13.6. The second kappa shape index (κ2) is 27.3. The molecule has 1 aliphatic carbocycles. The number of rotatable bonds is 29. The molecule has 0 aromatic heterocycles. The van der Waals surface area contributed by atoms with Crippen molar-refractivity contribution >= 4 is 23.6 Å². The van der Waals surface area contributed by atoms with Crippen LogP contribution in [-0.2, 0) is 45.5 Å². The molecule has 356 valence electrons. The van der Waals surface area contributed by atoms with E-state index in [2.05, 4.69) is 21.3 Å². The Morgan fingerprint density at radius 3 is 1.38 bits per heavy atom. The minimum absolute atomic E-state index is 0.123. The standard InChI is InChI=1S/C54H62N6O8/c55-51(61)43-25-27-45(49(67-37-41-21-9-3-10-22-41)47(43)65-35-39-17-5-1-6-18-39)53(63)59-33-15-31-57-29-13-14-30-58-32-16-34-60-54(64)46-28-26-44(52(56)62)48(66-36-40-19-7-2-8-20-40)50(46)68-38-42-23-11-4-12-24-42/h1-12,17-27,46,57-58H,13-16,28-38H2,(H2,55,61)(H2,56,62)(H,59,63)(H,60,64). The van der Waals surface area contributed by atoms with Gasteiger partial charge in [-0.3, -0.25) is 19.2 Å². The van der Waals surface area contributed by atoms with E-state index in [1.54, 1.807) is 12.1 Å². The van der Waals surface area contributed by atoms with E-state index >= 15 is 0 Å². The number of unbranched alkanes of at least 4 members (excludes halogenated alkanes) is 1. The van der Waals surface area contributed by atoms with Gasteiger partial charge in [0.2, 0.25) is 5.91 Å². The number of carbonyl (C=O) groups excluding carboxylic acids is 4. The number of hydrogen-bond donors (Lipinski definition) is 6. The topological polar surface area (TPSA) is 205 Å². The first kappa shape index (κ1) is 50.0. The first-order valence-electron chi connectivity index (χ1n) is 23.1. The van der Waals surface area contributed by atoms with E-state index in [0.717, 1.165) is 61.2 Å². The summed E-state index contributed by atoms with van der Waals surface area (Å²) in [6.45, 7) is 4.66. The number of primary amides is 2. The van der Waals surface area contributed by atoms with Crippen molar-refractivity contribution in [1.29, 1.82) is 0 Å². The Balaban J connectivity index is 0.893. The van der Waals surface area contributed by atoms with Gasteiger partial charge in [0.15, 0.2) is 23.0 Å². The van der Waals surface area contributed by atoms with E-state index in [1.807, 2.05) is 121 Å². The number of carbonyl (C=O) groups is 4. The molecule has 5 aromatic carbocycles. The van der Waals surface area contributed by atoms with Crippen LogP contribution in [0.15, 0.2) is 157 Å². The van der Waals surface area contributed by atoms with Crippen molar-refractivity contribution in [3.8, 4) is 11.5 Å². The van der Waals surface area contributed by atoms with Crippen molar-refractivity contribution in [3.05, 3.63) is 190 Å². The quantitative estimate of drug-likeness (QED) is 0.0283. The fourth-order valence-electron chi connectivity index (χ4n) is 7.44. The lowest BCUT2D eigenvalue weighted by Gasteiger charge is -2.27. The first-order chi connectivity index (χ1) is 33.3. The largest absolute Gasteiger partial charge is 0.488 e. The molecule has 0 saturated heterocycles. The average Bonchev–Trinajstić information content (AvgIpc) is 3.36. The summed E-state index contributed by atoms with van der Waals surface area (Å²) in [5.41, 5.74) is 15.7. The molecule has 0 saturated carbocycles. The maximum atomic E-state index is 13.6. The highest BCUT2D eigenvalue weighted by atomic mass is 16.5. The summed E-state index contributed by atoms with van der Waals surface area (Å²) in [7, 11) is 0. The molecular weight excluding hydrogens is 861 g/mol. The predicted octanol–water partition coefficient (Wildman–Crippen LogP) is 6.61. The third kappa shape index (κ3) is 15.6. The van der Waals surface area contributed by atoms with Gasteiger partial charge in [0.25, 0.3) is 17.7 Å². The van der Waals surface area contributed by atoms with Crippen molar-refractivity contribution < 1.29 is 38.1 Å². The SMILES string of the molecule is NC(=O)C1=CCC(C(=O)NCCCNCCCCNCCCNC(=O)c2ccc(C(N)=O)c(OCc3ccccc3)c2OCc2ccccc2)C(OCc2ccccc2)=C1OCc1ccccc1. The molecule has 0 aliphatic heterocycles. The summed E-state index contributed by atoms with van der Waals surface area (Å²) in [5, 5.41) is 12.9. The van der Waals surface area contributed by atoms with Crippen molar-refractivity contribution in [1.82, 2.24) is 21.3 Å². The van der Waals surface area contributed by atoms with E-state index in [1.165, 1.54) is 6.07 Å². The molecular formula is C54H62N6O8. The molecule has 14 heteroatoms. The lowest BCUT2D eigenvalue weighted by molar-refractivity contribution is -0.125. The van der Waals surface area contributed by atoms with Crippen molar-refractivity contribution in [2.24, 2.45) is 17.4 Å². The van der Waals surface area contributed by atoms with Gasteiger partial charge in [0.05, 0.1) is 16.7 Å². The summed E-state index contributed by atoms with van der Waals surface area (Å²) in [6, 6.07) is 41.2. The summed E-state index contributed by atoms with van der Waals surface area (Å²) >= 11 is 0. The first-order valence-corrected chi connectivity index (χ1v) is 23.1. The molecule has 1 aliphatic rings. The van der Waals surface area contributed by atoms with E-state index in [4.69, 9.17) is 30.4 Å². The van der Waals surface area contributed by atoms with Crippen LogP contribution in [0.1, 0.15) is 75.1 Å². The molecule has 6 rings (SSSR count). The Kier molecular flexibility index (Phi) is 20.1. The molecule has 0 spiro atoms. The highest BCUT2D eigenvalue weighted by Gasteiger charge is 2.35. The van der Waals surface area contributed by atoms with Crippen LogP contribution in [0.4, 0.5) is 0 Å². The predicted molar refractivity (Wildman–Crippen MR) is 261 cm³/mol. The smallest absolute Gasteiger partial charge is 0.255 e. The molecule has 68 heavy (non-hydrogen) atoms. The van der Waals surface area contributed by atoms with Crippen molar-refractivity contribution in [2.45, 2.75) is 58.5 Å². The van der Waals surface area contributed by atoms with Gasteiger partial charge >= 0.3 is 0 Å². The van der Waals surface area contributed by atoms with Crippen LogP contribution in [0, 0.1) is 5.92 Å². The minimum Gasteiger partial charge on any atom is -0.488 e. The fraction of sp³-hybridized carbons (Fsp3) is 0.296. The highest BCUT2D eigenvalue weighted by Crippen LogP contribution is 2.37. The monoisotopic (exact) mass is 922 g/mol. The number of hydrogen-bond acceptors (Lipinski definition) is 10. The van der Waals surface area contributed by atoms with Gasteiger partial charge in [-0.25, -0.2) is 0 Å². The van der Waals surface area contributed by atoms with Gasteiger partial charge in [-0.05, 0) is 92.7 Å². The number of allylic oxidation sites excluding steroid dienone is 1. The zero-order valence-electron chi connectivity index (χ0n) is 38.4. The number of ether oxygens (including phenoxy) is 4. The van der Waals surface area contributed by atoms with E-state index in [-0.39, 0.29) is 78.6 Å². The Morgan fingerprint density at radius 2 is 0.897 bits per heavy atom. The lowest BCUT2D eigenvalue weighted by Crippen LogP contribution is -2.36. The molecule has 5 aromatic rings. The summed E-state index contributed by atoms with van der Waals surface area (Å²) in [4.78, 5) is 52.2. The molecule has 0 radical (unpaired) electrons. The van der Waals surface area contributed by atoms with Crippen LogP contribution < -0.4 is 42.2 Å². The summed E-state index contributed by atoms with van der Waals surface area (Å²) in [6.07, 6.45) is 5.27. The van der Waals surface area contributed by atoms with Crippen LogP contribution in [0.5, 0.6) is 11.5 Å². The van der Waals surface area contributed by atoms with Crippen LogP contribution >= 0.6 is 0 Å². The second-order valence-electron chi connectivity index (χ2n) is 16.2. The zero-order chi connectivity index (χ0) is 47.8. The van der Waals surface area contributed by atoms with Crippen LogP contribution in [0.25, 0.3) is 0 Å². The van der Waals surface area contributed by atoms with Crippen molar-refractivity contribution in [2.75, 3.05) is 39.3 Å². The molecule has 8 N–H and O–H groups in total. The molecule has 0 fully saturated rings. The average molecular weight is 923 g/mol. The minimum atomic E-state index is -0.692. The molecule has 14 nitrogen and oxygen atoms in total. The van der Waals surface area contributed by atoms with E-state index in [0.29, 0.717) is 31.8 Å². The third-order valence-corrected chi connectivity index (χ3v) is 11.1. The van der Waals surface area contributed by atoms with Crippen LogP contribution in [0.3, 0.4) is 0 Å².